The van der Waals surface area contributed by atoms with Crippen LogP contribution in [0.15, 0.2) is 70.2 Å². The fourth-order valence-corrected chi connectivity index (χ4v) is 12.0. The molecule has 42 heavy (non-hydrogen) atoms. The van der Waals surface area contributed by atoms with Crippen molar-refractivity contribution in [2.24, 2.45) is 0 Å². The minimum Gasteiger partial charge on any atom is -0.511 e. The molecule has 0 fully saturated rings. The average molecular weight is 642 g/mol. The molecule has 4 aromatic carbocycles. The summed E-state index contributed by atoms with van der Waals surface area (Å²) >= 11 is 3.70. The van der Waals surface area contributed by atoms with E-state index in [9.17, 15) is 9.59 Å². The summed E-state index contributed by atoms with van der Waals surface area (Å²) in [6, 6.07) is 18.2. The minimum absolute atomic E-state index is 0.0526. The van der Waals surface area contributed by atoms with Crippen molar-refractivity contribution in [1.29, 1.82) is 0 Å². The van der Waals surface area contributed by atoms with Gasteiger partial charge in [-0.25, -0.2) is 0 Å². The van der Waals surface area contributed by atoms with Gasteiger partial charge in [0, 0.05) is 53.3 Å². The number of halogens is 1. The van der Waals surface area contributed by atoms with Gasteiger partial charge in [0.25, 0.3) is 0 Å². The fraction of sp³-hybridized carbons (Fsp3) is 0.333. The van der Waals surface area contributed by atoms with Gasteiger partial charge in [0.05, 0.1) is 0 Å². The number of hydrogen-bond donors (Lipinski definition) is 0. The van der Waals surface area contributed by atoms with Gasteiger partial charge in [0.15, 0.2) is 11.6 Å². The van der Waals surface area contributed by atoms with Crippen molar-refractivity contribution >= 4 is 57.6 Å². The molecule has 1 aliphatic heterocycles. The normalized spacial score (nSPS) is 16.5. The number of carbonyl (C=O) groups is 2. The third-order valence-corrected chi connectivity index (χ3v) is 14.4. The molecule has 2 aliphatic rings. The third-order valence-electron chi connectivity index (χ3n) is 8.92. The van der Waals surface area contributed by atoms with Crippen LogP contribution in [-0.4, -0.2) is 20.1 Å². The number of Topliss-reactive ketones (excluding diaryl/α,β-unsaturated/α-hetero) is 2. The molecular formula is C36H37BrO4Si. The number of benzene rings is 4. The lowest BCUT2D eigenvalue weighted by Crippen LogP contribution is -2.62. The van der Waals surface area contributed by atoms with Crippen LogP contribution in [0.5, 0.6) is 11.5 Å². The molecule has 0 aromatic heterocycles. The summed E-state index contributed by atoms with van der Waals surface area (Å²) in [5, 5.41) is 3.10. The second-order valence-corrected chi connectivity index (χ2v) is 19.0. The van der Waals surface area contributed by atoms with Crippen LogP contribution >= 0.6 is 15.9 Å². The number of hydrogen-bond acceptors (Lipinski definition) is 4. The van der Waals surface area contributed by atoms with E-state index in [4.69, 9.17) is 8.85 Å². The van der Waals surface area contributed by atoms with E-state index in [1.165, 1.54) is 0 Å². The molecule has 0 atom stereocenters. The minimum atomic E-state index is -3.10. The van der Waals surface area contributed by atoms with Crippen LogP contribution in [0, 0.1) is 0 Å². The molecule has 1 heterocycles. The van der Waals surface area contributed by atoms with Crippen LogP contribution in [0.3, 0.4) is 0 Å². The second-order valence-electron chi connectivity index (χ2n) is 13.5. The Morgan fingerprint density at radius 2 is 1.19 bits per heavy atom. The van der Waals surface area contributed by atoms with Crippen LogP contribution in [0.1, 0.15) is 88.9 Å². The Morgan fingerprint density at radius 1 is 0.667 bits per heavy atom. The third kappa shape index (κ3) is 3.98. The molecule has 0 spiro atoms. The first-order chi connectivity index (χ1) is 19.7. The number of ketones is 2. The largest absolute Gasteiger partial charge is 0.511 e. The highest BCUT2D eigenvalue weighted by molar-refractivity contribution is 9.10. The van der Waals surface area contributed by atoms with E-state index in [-0.39, 0.29) is 21.6 Å². The lowest BCUT2D eigenvalue weighted by molar-refractivity contribution is 0.0971. The molecule has 0 bridgehead atoms. The van der Waals surface area contributed by atoms with Gasteiger partial charge in [0.1, 0.15) is 11.5 Å². The van der Waals surface area contributed by atoms with Crippen molar-refractivity contribution in [3.63, 3.8) is 0 Å². The fourth-order valence-electron chi connectivity index (χ4n) is 7.18. The smallest absolute Gasteiger partial charge is 0.471 e. The molecular weight excluding hydrogens is 604 g/mol. The summed E-state index contributed by atoms with van der Waals surface area (Å²) in [5.74, 6) is 1.33. The van der Waals surface area contributed by atoms with E-state index in [0.717, 1.165) is 42.9 Å². The SMILES string of the molecule is CCC1=C(CC)C(=O)c2c(ccc3ccc4c(c23)-c2c(ccc3ccc(Br)cc23)O[Si](C(C)(C)C)(C(C)(C)C)O4)C1=O. The van der Waals surface area contributed by atoms with Gasteiger partial charge in [-0.15, -0.1) is 0 Å². The number of rotatable bonds is 2. The molecule has 6 heteroatoms. The molecule has 1 aliphatic carbocycles. The average Bonchev–Trinajstić information content (AvgIpc) is 3.09. The lowest BCUT2D eigenvalue weighted by Gasteiger charge is -2.47. The molecule has 0 amide bonds. The standard InChI is InChI=1S/C36H37BrO4Si/c1-9-23-24(10-2)34(39)31-25(33(23)38)16-12-21-14-18-28-32(29(21)31)30-26-19-22(37)15-11-20(26)13-17-27(30)40-42(41-28,35(3,4)5)36(6,7)8/h11-19H,9-10H2,1-8H3. The summed E-state index contributed by atoms with van der Waals surface area (Å²) in [6.07, 6.45) is 1.04. The van der Waals surface area contributed by atoms with Crippen LogP contribution in [0.25, 0.3) is 32.7 Å². The second kappa shape index (κ2) is 9.65. The predicted molar refractivity (Wildman–Crippen MR) is 177 cm³/mol. The van der Waals surface area contributed by atoms with Gasteiger partial charge in [-0.2, -0.15) is 0 Å². The summed E-state index contributed by atoms with van der Waals surface area (Å²) in [7, 11) is -3.10. The zero-order chi connectivity index (χ0) is 30.4. The first-order valence-electron chi connectivity index (χ1n) is 14.8. The Labute approximate surface area is 257 Å². The van der Waals surface area contributed by atoms with Gasteiger partial charge in [-0.3, -0.25) is 9.59 Å². The maximum absolute atomic E-state index is 14.3. The van der Waals surface area contributed by atoms with E-state index in [0.29, 0.717) is 40.9 Å². The van der Waals surface area contributed by atoms with Gasteiger partial charge in [-0.1, -0.05) is 95.6 Å². The van der Waals surface area contributed by atoms with Crippen LogP contribution < -0.4 is 8.85 Å². The number of carbonyl (C=O) groups excluding carboxylic acids is 2. The molecule has 0 N–H and O–H groups in total. The quantitative estimate of drug-likeness (QED) is 0.204. The van der Waals surface area contributed by atoms with Crippen molar-refractivity contribution < 1.29 is 18.4 Å². The molecule has 0 radical (unpaired) electrons. The van der Waals surface area contributed by atoms with E-state index < -0.39 is 8.56 Å². The Bertz CT molecular complexity index is 1860. The van der Waals surface area contributed by atoms with E-state index in [1.807, 2.05) is 44.2 Å². The number of allylic oxidation sites excluding steroid dienone is 2. The van der Waals surface area contributed by atoms with E-state index >= 15 is 0 Å². The van der Waals surface area contributed by atoms with Crippen LogP contribution in [0.4, 0.5) is 0 Å². The summed E-state index contributed by atoms with van der Waals surface area (Å²) in [5.41, 5.74) is 3.90. The van der Waals surface area contributed by atoms with Crippen molar-refractivity contribution in [1.82, 2.24) is 0 Å². The van der Waals surface area contributed by atoms with E-state index in [2.05, 4.69) is 81.7 Å². The predicted octanol–water partition coefficient (Wildman–Crippen LogP) is 10.7. The van der Waals surface area contributed by atoms with Crippen molar-refractivity contribution in [2.75, 3.05) is 0 Å². The van der Waals surface area contributed by atoms with Crippen LogP contribution in [-0.2, 0) is 0 Å². The maximum atomic E-state index is 14.3. The molecule has 216 valence electrons. The topological polar surface area (TPSA) is 52.6 Å². The highest BCUT2D eigenvalue weighted by atomic mass is 79.9. The van der Waals surface area contributed by atoms with E-state index in [1.54, 1.807) is 0 Å². The van der Waals surface area contributed by atoms with Crippen molar-refractivity contribution in [3.05, 3.63) is 81.3 Å². The zero-order valence-corrected chi connectivity index (χ0v) is 28.2. The van der Waals surface area contributed by atoms with Gasteiger partial charge in [-0.05, 0) is 59.3 Å². The first-order valence-corrected chi connectivity index (χ1v) is 17.4. The molecule has 4 nitrogen and oxygen atoms in total. The molecule has 0 saturated carbocycles. The summed E-state index contributed by atoms with van der Waals surface area (Å²) in [4.78, 5) is 28.2. The lowest BCUT2D eigenvalue weighted by atomic mass is 9.78. The van der Waals surface area contributed by atoms with Crippen LogP contribution in [0.2, 0.25) is 10.1 Å². The Balaban J connectivity index is 1.85. The zero-order valence-electron chi connectivity index (χ0n) is 25.6. The summed E-state index contributed by atoms with van der Waals surface area (Å²) < 4.78 is 15.5. The van der Waals surface area contributed by atoms with Gasteiger partial charge < -0.3 is 8.85 Å². The molecule has 0 saturated heterocycles. The van der Waals surface area contributed by atoms with Gasteiger partial charge >= 0.3 is 8.56 Å². The Hall–Kier alpha value is -3.22. The van der Waals surface area contributed by atoms with Crippen molar-refractivity contribution in [3.8, 4) is 22.6 Å². The highest BCUT2D eigenvalue weighted by Crippen LogP contribution is 2.58. The maximum Gasteiger partial charge on any atom is 0.471 e. The molecule has 4 aromatic rings. The number of fused-ring (bicyclic) bond motifs is 9. The Kier molecular flexibility index (Phi) is 6.63. The summed E-state index contributed by atoms with van der Waals surface area (Å²) in [6.45, 7) is 17.1. The Morgan fingerprint density at radius 3 is 1.79 bits per heavy atom. The van der Waals surface area contributed by atoms with Crippen molar-refractivity contribution in [2.45, 2.75) is 78.3 Å². The molecule has 6 rings (SSSR count). The van der Waals surface area contributed by atoms with Gasteiger partial charge in [0.2, 0.25) is 0 Å². The monoisotopic (exact) mass is 640 g/mol. The molecule has 0 unspecified atom stereocenters. The highest BCUT2D eigenvalue weighted by Gasteiger charge is 2.63. The first kappa shape index (κ1) is 28.9.